The molecule has 0 amide bonds. The van der Waals surface area contributed by atoms with Crippen molar-refractivity contribution in [1.82, 2.24) is 4.90 Å². The van der Waals surface area contributed by atoms with Gasteiger partial charge >= 0.3 is 5.97 Å². The van der Waals surface area contributed by atoms with Gasteiger partial charge in [-0.25, -0.2) is 18.0 Å². The summed E-state index contributed by atoms with van der Waals surface area (Å²) in [5.41, 5.74) is 2.63. The number of halogens is 5. The quantitative estimate of drug-likeness (QED) is 0.126. The Bertz CT molecular complexity index is 1300. The lowest BCUT2D eigenvalue weighted by Crippen LogP contribution is -2.51. The molecule has 9 heteroatoms. The number of esters is 1. The van der Waals surface area contributed by atoms with Crippen LogP contribution in [0.2, 0.25) is 0 Å². The maximum absolute atomic E-state index is 14.0. The van der Waals surface area contributed by atoms with E-state index >= 15 is 0 Å². The lowest BCUT2D eigenvalue weighted by Gasteiger charge is -2.41. The van der Waals surface area contributed by atoms with Crippen molar-refractivity contribution in [1.29, 1.82) is 0 Å². The molecule has 1 saturated heterocycles. The summed E-state index contributed by atoms with van der Waals surface area (Å²) < 4.78 is 72.8. The standard InChI is InChI=1S/C28H25F5N2O2/c1-3-7-19-14-20(28(36)37-27-25(32)23(30)22(29)24(31)26(27)33)10-11-21(19)35-13-12-34(17(2)15-35)16-18-8-5-4-6-9-18/h3-11,14,17H,12-13,15-16H2,1-2H3/b7-3-/t17-/m1/s1. The molecule has 3 aromatic carbocycles. The first kappa shape index (κ1) is 26.3. The highest BCUT2D eigenvalue weighted by Crippen LogP contribution is 2.31. The first-order valence-electron chi connectivity index (χ1n) is 11.7. The summed E-state index contributed by atoms with van der Waals surface area (Å²) >= 11 is 0. The molecule has 1 heterocycles. The second-order valence-corrected chi connectivity index (χ2v) is 8.81. The van der Waals surface area contributed by atoms with Gasteiger partial charge in [0.25, 0.3) is 0 Å². The summed E-state index contributed by atoms with van der Waals surface area (Å²) in [6, 6.07) is 15.0. The van der Waals surface area contributed by atoms with E-state index in [1.54, 1.807) is 25.1 Å². The van der Waals surface area contributed by atoms with Crippen molar-refractivity contribution in [2.45, 2.75) is 26.4 Å². The number of hydrogen-bond acceptors (Lipinski definition) is 4. The molecule has 0 radical (unpaired) electrons. The van der Waals surface area contributed by atoms with Crippen LogP contribution in [-0.4, -0.2) is 36.5 Å². The zero-order chi connectivity index (χ0) is 26.7. The minimum Gasteiger partial charge on any atom is -0.416 e. The molecular formula is C28H25F5N2O2. The van der Waals surface area contributed by atoms with Gasteiger partial charge in [0.1, 0.15) is 0 Å². The summed E-state index contributed by atoms with van der Waals surface area (Å²) in [5, 5.41) is 0. The Morgan fingerprint density at radius 1 is 0.946 bits per heavy atom. The number of carbonyl (C=O) groups excluding carboxylic acids is 1. The van der Waals surface area contributed by atoms with Gasteiger partial charge in [0.15, 0.2) is 0 Å². The van der Waals surface area contributed by atoms with Gasteiger partial charge in [-0.15, -0.1) is 0 Å². The molecule has 3 aromatic rings. The molecule has 1 aliphatic heterocycles. The molecule has 1 aliphatic rings. The number of nitrogens with zero attached hydrogens (tertiary/aromatic N) is 2. The highest BCUT2D eigenvalue weighted by molar-refractivity contribution is 5.93. The van der Waals surface area contributed by atoms with E-state index < -0.39 is 40.8 Å². The van der Waals surface area contributed by atoms with Crippen molar-refractivity contribution in [2.24, 2.45) is 0 Å². The van der Waals surface area contributed by atoms with Gasteiger partial charge in [0.2, 0.25) is 34.8 Å². The van der Waals surface area contributed by atoms with Gasteiger partial charge < -0.3 is 9.64 Å². The van der Waals surface area contributed by atoms with Crippen molar-refractivity contribution in [2.75, 3.05) is 24.5 Å². The van der Waals surface area contributed by atoms with E-state index in [9.17, 15) is 26.7 Å². The number of anilines is 1. The molecule has 0 bridgehead atoms. The Balaban J connectivity index is 1.53. The first-order valence-corrected chi connectivity index (χ1v) is 11.7. The summed E-state index contributed by atoms with van der Waals surface area (Å²) in [6.07, 6.45) is 3.54. The predicted octanol–water partition coefficient (Wildman–Crippen LogP) is 6.35. The topological polar surface area (TPSA) is 32.8 Å². The highest BCUT2D eigenvalue weighted by atomic mass is 19.2. The minimum atomic E-state index is -2.33. The largest absolute Gasteiger partial charge is 0.416 e. The smallest absolute Gasteiger partial charge is 0.343 e. The Hall–Kier alpha value is -3.72. The van der Waals surface area contributed by atoms with E-state index in [2.05, 4.69) is 33.6 Å². The van der Waals surface area contributed by atoms with E-state index in [-0.39, 0.29) is 11.6 Å². The van der Waals surface area contributed by atoms with Gasteiger partial charge in [0.05, 0.1) is 5.56 Å². The maximum Gasteiger partial charge on any atom is 0.343 e. The van der Waals surface area contributed by atoms with E-state index in [1.807, 2.05) is 18.2 Å². The van der Waals surface area contributed by atoms with E-state index in [4.69, 9.17) is 0 Å². The van der Waals surface area contributed by atoms with Crippen LogP contribution in [0.5, 0.6) is 5.75 Å². The Kier molecular flexibility index (Phi) is 7.92. The van der Waals surface area contributed by atoms with Crippen molar-refractivity contribution in [3.8, 4) is 5.75 Å². The number of benzene rings is 3. The van der Waals surface area contributed by atoms with Crippen molar-refractivity contribution in [3.63, 3.8) is 0 Å². The summed E-state index contributed by atoms with van der Waals surface area (Å²) in [6.45, 7) is 7.04. The van der Waals surface area contributed by atoms with Gasteiger partial charge in [-0.2, -0.15) is 8.78 Å². The normalized spacial score (nSPS) is 16.4. The van der Waals surface area contributed by atoms with Crippen molar-refractivity contribution < 1.29 is 31.5 Å². The molecule has 0 spiro atoms. The molecule has 4 nitrogen and oxygen atoms in total. The molecule has 0 unspecified atom stereocenters. The van der Waals surface area contributed by atoms with Crippen LogP contribution in [0.1, 0.15) is 35.3 Å². The van der Waals surface area contributed by atoms with Crippen LogP contribution < -0.4 is 9.64 Å². The molecule has 0 aliphatic carbocycles. The molecule has 194 valence electrons. The van der Waals surface area contributed by atoms with Crippen LogP contribution >= 0.6 is 0 Å². The number of hydrogen-bond donors (Lipinski definition) is 0. The molecule has 1 atom stereocenters. The molecule has 4 rings (SSSR count). The lowest BCUT2D eigenvalue weighted by molar-refractivity contribution is 0.0716. The van der Waals surface area contributed by atoms with Crippen LogP contribution in [-0.2, 0) is 6.54 Å². The van der Waals surface area contributed by atoms with Gasteiger partial charge in [-0.1, -0.05) is 42.5 Å². The SMILES string of the molecule is C/C=C\c1cc(C(=O)Oc2c(F)c(F)c(F)c(F)c2F)ccc1N1CCN(Cc2ccccc2)[C@H](C)C1. The van der Waals surface area contributed by atoms with Crippen molar-refractivity contribution in [3.05, 3.63) is 100 Å². The number of ether oxygens (including phenoxy) is 1. The zero-order valence-electron chi connectivity index (χ0n) is 20.3. The van der Waals surface area contributed by atoms with Gasteiger partial charge in [-0.3, -0.25) is 4.90 Å². The molecule has 1 fully saturated rings. The zero-order valence-corrected chi connectivity index (χ0v) is 20.3. The second kappa shape index (κ2) is 11.1. The lowest BCUT2D eigenvalue weighted by atomic mass is 10.0. The summed E-state index contributed by atoms with van der Waals surface area (Å²) in [7, 11) is 0. The Morgan fingerprint density at radius 3 is 2.22 bits per heavy atom. The van der Waals surface area contributed by atoms with Crippen LogP contribution in [0.25, 0.3) is 6.08 Å². The van der Waals surface area contributed by atoms with Crippen molar-refractivity contribution >= 4 is 17.7 Å². The molecule has 0 saturated carbocycles. The Labute approximate surface area is 211 Å². The molecular weight excluding hydrogens is 491 g/mol. The minimum absolute atomic E-state index is 0.100. The molecule has 0 N–H and O–H groups in total. The first-order chi connectivity index (χ1) is 17.7. The second-order valence-electron chi connectivity index (χ2n) is 8.81. The molecule has 37 heavy (non-hydrogen) atoms. The van der Waals surface area contributed by atoms with E-state index in [1.165, 1.54) is 17.7 Å². The monoisotopic (exact) mass is 516 g/mol. The molecule has 0 aromatic heterocycles. The average Bonchev–Trinajstić information content (AvgIpc) is 2.90. The Morgan fingerprint density at radius 2 is 1.59 bits per heavy atom. The average molecular weight is 517 g/mol. The van der Waals surface area contributed by atoms with Gasteiger partial charge in [0, 0.05) is 37.9 Å². The summed E-state index contributed by atoms with van der Waals surface area (Å²) in [5.74, 6) is -14.0. The number of rotatable bonds is 6. The van der Waals surface area contributed by atoms with Crippen LogP contribution in [0.4, 0.5) is 27.6 Å². The van der Waals surface area contributed by atoms with Crippen LogP contribution in [0.15, 0.2) is 54.6 Å². The third-order valence-corrected chi connectivity index (χ3v) is 6.31. The fraction of sp³-hybridized carbons (Fsp3) is 0.250. The van der Waals surface area contributed by atoms with E-state index in [0.717, 1.165) is 31.9 Å². The number of piperazine rings is 1. The highest BCUT2D eigenvalue weighted by Gasteiger charge is 2.29. The number of allylic oxidation sites excluding steroid dienone is 1. The fourth-order valence-electron chi connectivity index (χ4n) is 4.38. The predicted molar refractivity (Wildman–Crippen MR) is 131 cm³/mol. The van der Waals surface area contributed by atoms with Crippen LogP contribution in [0.3, 0.4) is 0 Å². The summed E-state index contributed by atoms with van der Waals surface area (Å²) in [4.78, 5) is 17.2. The van der Waals surface area contributed by atoms with Gasteiger partial charge in [-0.05, 0) is 43.2 Å². The third-order valence-electron chi connectivity index (χ3n) is 6.31. The number of carbonyl (C=O) groups is 1. The maximum atomic E-state index is 14.0. The third kappa shape index (κ3) is 5.51. The fourth-order valence-corrected chi connectivity index (χ4v) is 4.38. The van der Waals surface area contributed by atoms with Crippen LogP contribution in [0, 0.1) is 29.1 Å². The van der Waals surface area contributed by atoms with E-state index in [0.29, 0.717) is 5.56 Å².